The number of hydrogen-bond acceptors (Lipinski definition) is 4. The van der Waals surface area contributed by atoms with Gasteiger partial charge in [0.05, 0.1) is 13.2 Å². The van der Waals surface area contributed by atoms with Crippen LogP contribution in [0.4, 0.5) is 0 Å². The van der Waals surface area contributed by atoms with Crippen molar-refractivity contribution in [1.82, 2.24) is 0 Å². The predicted molar refractivity (Wildman–Crippen MR) is 29.5 cm³/mol. The summed E-state index contributed by atoms with van der Waals surface area (Å²) in [4.78, 5) is 9.41. The molecule has 1 N–H and O–H groups in total. The average molecular weight is 222 g/mol. The Hall–Kier alpha value is 0.494. The van der Waals surface area contributed by atoms with Crippen LogP contribution < -0.4 is 0 Å². The summed E-state index contributed by atoms with van der Waals surface area (Å²) in [6.07, 6.45) is -0.739. The summed E-state index contributed by atoms with van der Waals surface area (Å²) in [5, 5.41) is 8.75. The third-order valence-electron chi connectivity index (χ3n) is 0.694. The molecule has 0 saturated carbocycles. The van der Waals surface area contributed by atoms with Gasteiger partial charge in [0, 0.05) is 39.8 Å². The van der Waals surface area contributed by atoms with Crippen molar-refractivity contribution in [2.75, 3.05) is 20.3 Å². The molecule has 5 heteroatoms. The Kier molecular flexibility index (Phi) is 12.4. The maximum Gasteiger partial charge on any atom is 0.108 e. The molecular formula is C5H9O4Y-. The second kappa shape index (κ2) is 9.49. The van der Waals surface area contributed by atoms with Gasteiger partial charge in [-0.15, -0.1) is 0 Å². The fourth-order valence-electron chi connectivity index (χ4n) is 0.371. The molecule has 0 saturated heterocycles. The quantitative estimate of drug-likeness (QED) is 0.611. The van der Waals surface area contributed by atoms with E-state index in [1.54, 1.807) is 0 Å². The van der Waals surface area contributed by atoms with E-state index in [0.717, 1.165) is 0 Å². The first kappa shape index (κ1) is 13.1. The van der Waals surface area contributed by atoms with Crippen molar-refractivity contribution in [2.24, 2.45) is 0 Å². The molecular weight excluding hydrogens is 213 g/mol. The third kappa shape index (κ3) is 8.49. The van der Waals surface area contributed by atoms with Gasteiger partial charge in [-0.1, -0.05) is 6.47 Å². The average Bonchev–Trinajstić information content (AvgIpc) is 1.85. The topological polar surface area (TPSA) is 55.8 Å². The minimum atomic E-state index is -0.739. The minimum absolute atomic E-state index is 0. The van der Waals surface area contributed by atoms with E-state index in [1.165, 1.54) is 13.6 Å². The molecule has 0 aromatic rings. The van der Waals surface area contributed by atoms with Crippen molar-refractivity contribution < 1.29 is 52.1 Å². The predicted octanol–water partition coefficient (Wildman–Crippen LogP) is -0.925. The van der Waals surface area contributed by atoms with E-state index >= 15 is 0 Å². The van der Waals surface area contributed by atoms with Crippen LogP contribution in [0, 0.1) is 0 Å². The van der Waals surface area contributed by atoms with Gasteiger partial charge < -0.3 is 19.4 Å². The van der Waals surface area contributed by atoms with E-state index in [4.69, 9.17) is 5.11 Å². The number of carbonyl (C=O) groups excluding carboxylic acids is 1. The Balaban J connectivity index is 0. The Bertz CT molecular complexity index is 78.0. The maximum absolute atomic E-state index is 9.41. The Morgan fingerprint density at radius 1 is 1.60 bits per heavy atom. The van der Waals surface area contributed by atoms with E-state index in [0.29, 0.717) is 0 Å². The molecule has 0 aliphatic carbocycles. The van der Waals surface area contributed by atoms with Crippen molar-refractivity contribution in [3.05, 3.63) is 0 Å². The molecule has 0 aromatic heterocycles. The van der Waals surface area contributed by atoms with E-state index in [2.05, 4.69) is 9.47 Å². The number of ether oxygens (including phenoxy) is 2. The molecule has 10 heavy (non-hydrogen) atoms. The number of rotatable bonds is 5. The SMILES string of the molecule is COCC(O)CO[C-]=O.[Y]. The van der Waals surface area contributed by atoms with Gasteiger partial charge in [-0.2, -0.15) is 0 Å². The van der Waals surface area contributed by atoms with Crippen molar-refractivity contribution in [3.63, 3.8) is 0 Å². The molecule has 0 amide bonds. The molecule has 0 aliphatic rings. The van der Waals surface area contributed by atoms with Crippen molar-refractivity contribution in [3.8, 4) is 0 Å². The summed E-state index contributed by atoms with van der Waals surface area (Å²) >= 11 is 0. The molecule has 0 bridgehead atoms. The van der Waals surface area contributed by atoms with E-state index in [9.17, 15) is 4.79 Å². The summed E-state index contributed by atoms with van der Waals surface area (Å²) in [6, 6.07) is 0. The Morgan fingerprint density at radius 3 is 2.60 bits per heavy atom. The Morgan fingerprint density at radius 2 is 2.20 bits per heavy atom. The normalized spacial score (nSPS) is 11.4. The fraction of sp³-hybridized carbons (Fsp3) is 0.800. The molecule has 1 radical (unpaired) electrons. The van der Waals surface area contributed by atoms with Gasteiger partial charge in [0.25, 0.3) is 0 Å². The second-order valence-corrected chi connectivity index (χ2v) is 1.50. The summed E-state index contributed by atoms with van der Waals surface area (Å²) < 4.78 is 8.65. The summed E-state index contributed by atoms with van der Waals surface area (Å²) in [6.45, 7) is 1.30. The van der Waals surface area contributed by atoms with E-state index < -0.39 is 6.10 Å². The summed E-state index contributed by atoms with van der Waals surface area (Å²) in [5.74, 6) is 0. The van der Waals surface area contributed by atoms with Gasteiger partial charge in [0.2, 0.25) is 0 Å². The van der Waals surface area contributed by atoms with Crippen LogP contribution in [0.1, 0.15) is 0 Å². The zero-order valence-electron chi connectivity index (χ0n) is 5.74. The third-order valence-corrected chi connectivity index (χ3v) is 0.694. The number of methoxy groups -OCH3 is 1. The summed E-state index contributed by atoms with van der Waals surface area (Å²) in [5.41, 5.74) is 0. The van der Waals surface area contributed by atoms with Gasteiger partial charge in [-0.3, -0.25) is 0 Å². The van der Waals surface area contributed by atoms with Crippen molar-refractivity contribution >= 4 is 6.47 Å². The fourth-order valence-corrected chi connectivity index (χ4v) is 0.371. The minimum Gasteiger partial charge on any atom is -0.651 e. The van der Waals surface area contributed by atoms with E-state index in [-0.39, 0.29) is 45.9 Å². The van der Waals surface area contributed by atoms with Gasteiger partial charge in [0.15, 0.2) is 0 Å². The van der Waals surface area contributed by atoms with Crippen LogP contribution in [0.5, 0.6) is 0 Å². The molecule has 1 atom stereocenters. The number of aliphatic hydroxyl groups is 1. The van der Waals surface area contributed by atoms with Gasteiger partial charge in [-0.25, -0.2) is 0 Å². The van der Waals surface area contributed by atoms with Crippen LogP contribution in [0.25, 0.3) is 0 Å². The van der Waals surface area contributed by atoms with Gasteiger partial charge in [0.1, 0.15) is 6.10 Å². The van der Waals surface area contributed by atoms with Crippen molar-refractivity contribution in [1.29, 1.82) is 0 Å². The largest absolute Gasteiger partial charge is 0.651 e. The number of aliphatic hydroxyl groups excluding tert-OH is 1. The first-order valence-electron chi connectivity index (χ1n) is 2.47. The zero-order valence-corrected chi connectivity index (χ0v) is 8.58. The van der Waals surface area contributed by atoms with Gasteiger partial charge in [-0.05, 0) is 0 Å². The van der Waals surface area contributed by atoms with Crippen LogP contribution in [-0.4, -0.2) is 38.0 Å². The van der Waals surface area contributed by atoms with E-state index in [1.807, 2.05) is 0 Å². The maximum atomic E-state index is 9.41. The number of hydrogen-bond donors (Lipinski definition) is 1. The second-order valence-electron chi connectivity index (χ2n) is 1.50. The Labute approximate surface area is 84.8 Å². The molecule has 1 unspecified atom stereocenters. The zero-order chi connectivity index (χ0) is 7.11. The monoisotopic (exact) mass is 222 g/mol. The first-order valence-corrected chi connectivity index (χ1v) is 2.47. The molecule has 0 aliphatic heterocycles. The molecule has 57 valence electrons. The van der Waals surface area contributed by atoms with Crippen LogP contribution in [0.2, 0.25) is 0 Å². The van der Waals surface area contributed by atoms with Crippen LogP contribution in [0.15, 0.2) is 0 Å². The molecule has 0 heterocycles. The van der Waals surface area contributed by atoms with Crippen LogP contribution in [-0.2, 0) is 47.0 Å². The molecule has 0 spiro atoms. The molecule has 0 rings (SSSR count). The van der Waals surface area contributed by atoms with Crippen molar-refractivity contribution in [2.45, 2.75) is 6.10 Å². The first-order chi connectivity index (χ1) is 4.31. The van der Waals surface area contributed by atoms with Crippen LogP contribution in [0.3, 0.4) is 0 Å². The molecule has 0 aromatic carbocycles. The van der Waals surface area contributed by atoms with Crippen LogP contribution >= 0.6 is 0 Å². The standard InChI is InChI=1S/C5H9O4.Y/c1-8-2-5(7)3-9-4-6;/h5,7H,2-3H2,1H3;/q-1;. The summed E-state index contributed by atoms with van der Waals surface area (Å²) in [7, 11) is 1.45. The molecule has 4 nitrogen and oxygen atoms in total. The van der Waals surface area contributed by atoms with Gasteiger partial charge >= 0.3 is 0 Å². The smallest absolute Gasteiger partial charge is 0.108 e. The molecule has 0 fully saturated rings.